The minimum atomic E-state index is 0. The minimum absolute atomic E-state index is 0. The fourth-order valence-electron chi connectivity index (χ4n) is 3.75. The summed E-state index contributed by atoms with van der Waals surface area (Å²) < 4.78 is 7.61. The van der Waals surface area contributed by atoms with Crippen molar-refractivity contribution in [3.8, 4) is 0 Å². The first-order chi connectivity index (χ1) is 14.0. The van der Waals surface area contributed by atoms with Crippen LogP contribution >= 0.6 is 35.6 Å². The summed E-state index contributed by atoms with van der Waals surface area (Å²) in [7, 11) is 5.88. The number of aryl methyl sites for hydroxylation is 2. The third kappa shape index (κ3) is 6.60. The molecule has 1 aliphatic rings. The fraction of sp³-hybridized carbons (Fsp3) is 0.500. The summed E-state index contributed by atoms with van der Waals surface area (Å²) >= 11 is 6.13. The minimum Gasteiger partial charge on any atom is -0.379 e. The molecule has 6 nitrogen and oxygen atoms in total. The number of guanidine groups is 1. The van der Waals surface area contributed by atoms with Crippen molar-refractivity contribution < 1.29 is 4.74 Å². The SMILES string of the molecule is CN=C(NCC(c1ccc(C)cc1)N1CCOCC1)N(C)Cc1cc(Cl)cn1C.I. The van der Waals surface area contributed by atoms with Crippen LogP contribution < -0.4 is 5.32 Å². The monoisotopic (exact) mass is 545 g/mol. The highest BCUT2D eigenvalue weighted by molar-refractivity contribution is 14.0. The smallest absolute Gasteiger partial charge is 0.193 e. The van der Waals surface area contributed by atoms with Crippen molar-refractivity contribution in [2.45, 2.75) is 19.5 Å². The molecule has 0 saturated carbocycles. The van der Waals surface area contributed by atoms with Crippen LogP contribution in [-0.2, 0) is 18.3 Å². The summed E-state index contributed by atoms with van der Waals surface area (Å²) in [6.45, 7) is 7.09. The lowest BCUT2D eigenvalue weighted by Crippen LogP contribution is -2.46. The Morgan fingerprint density at radius 3 is 2.50 bits per heavy atom. The average Bonchev–Trinajstić information content (AvgIpc) is 3.03. The van der Waals surface area contributed by atoms with Gasteiger partial charge in [-0.3, -0.25) is 9.89 Å². The van der Waals surface area contributed by atoms with Crippen LogP contribution in [0, 0.1) is 6.92 Å². The van der Waals surface area contributed by atoms with Gasteiger partial charge in [-0.05, 0) is 18.6 Å². The van der Waals surface area contributed by atoms with Gasteiger partial charge in [-0.15, -0.1) is 24.0 Å². The van der Waals surface area contributed by atoms with Crippen LogP contribution in [0.1, 0.15) is 22.9 Å². The van der Waals surface area contributed by atoms with Crippen molar-refractivity contribution in [2.24, 2.45) is 12.0 Å². The van der Waals surface area contributed by atoms with Crippen molar-refractivity contribution >= 4 is 41.5 Å². The van der Waals surface area contributed by atoms with Crippen LogP contribution in [0.4, 0.5) is 0 Å². The number of hydrogen-bond acceptors (Lipinski definition) is 3. The van der Waals surface area contributed by atoms with Gasteiger partial charge >= 0.3 is 0 Å². The molecule has 166 valence electrons. The number of morpholine rings is 1. The quantitative estimate of drug-likeness (QED) is 0.342. The van der Waals surface area contributed by atoms with Gasteiger partial charge in [0, 0.05) is 52.7 Å². The summed E-state index contributed by atoms with van der Waals surface area (Å²) in [6, 6.07) is 11.1. The van der Waals surface area contributed by atoms with E-state index in [1.165, 1.54) is 11.1 Å². The molecule has 1 fully saturated rings. The molecule has 0 bridgehead atoms. The number of benzene rings is 1. The molecule has 0 radical (unpaired) electrons. The van der Waals surface area contributed by atoms with Crippen LogP contribution in [-0.4, -0.2) is 67.3 Å². The molecule has 1 aromatic carbocycles. The number of hydrogen-bond donors (Lipinski definition) is 1. The molecule has 1 unspecified atom stereocenters. The maximum atomic E-state index is 6.13. The first-order valence-electron chi connectivity index (χ1n) is 10.1. The molecule has 2 aromatic rings. The Kier molecular flexibility index (Phi) is 9.93. The molecule has 1 aromatic heterocycles. The third-order valence-corrected chi connectivity index (χ3v) is 5.66. The van der Waals surface area contributed by atoms with Crippen LogP contribution in [0.2, 0.25) is 5.02 Å². The van der Waals surface area contributed by atoms with E-state index in [1.807, 2.05) is 33.4 Å². The second-order valence-corrected chi connectivity index (χ2v) is 8.06. The Hall–Kier alpha value is -1.29. The van der Waals surface area contributed by atoms with Crippen molar-refractivity contribution in [3.63, 3.8) is 0 Å². The van der Waals surface area contributed by atoms with Gasteiger partial charge in [0.15, 0.2) is 5.96 Å². The number of nitrogens with zero attached hydrogens (tertiary/aromatic N) is 4. The lowest BCUT2D eigenvalue weighted by Gasteiger charge is -2.35. The lowest BCUT2D eigenvalue weighted by atomic mass is 10.0. The van der Waals surface area contributed by atoms with E-state index in [0.29, 0.717) is 0 Å². The molecular formula is C22H33ClIN5O. The summed E-state index contributed by atoms with van der Waals surface area (Å²) in [5, 5.41) is 4.33. The molecule has 1 saturated heterocycles. The van der Waals surface area contributed by atoms with Crippen molar-refractivity contribution in [2.75, 3.05) is 46.9 Å². The van der Waals surface area contributed by atoms with E-state index in [4.69, 9.17) is 16.3 Å². The zero-order valence-corrected chi connectivity index (χ0v) is 21.4. The number of rotatable bonds is 6. The highest BCUT2D eigenvalue weighted by Gasteiger charge is 2.23. The first-order valence-corrected chi connectivity index (χ1v) is 10.5. The predicted octanol–water partition coefficient (Wildman–Crippen LogP) is 3.69. The highest BCUT2D eigenvalue weighted by atomic mass is 127. The zero-order chi connectivity index (χ0) is 20.8. The van der Waals surface area contributed by atoms with Gasteiger partial charge in [0.1, 0.15) is 0 Å². The molecule has 8 heteroatoms. The van der Waals surface area contributed by atoms with Gasteiger partial charge in [-0.25, -0.2) is 0 Å². The lowest BCUT2D eigenvalue weighted by molar-refractivity contribution is 0.0169. The van der Waals surface area contributed by atoms with E-state index in [0.717, 1.165) is 56.1 Å². The van der Waals surface area contributed by atoms with E-state index >= 15 is 0 Å². The number of halogens is 2. The van der Waals surface area contributed by atoms with E-state index < -0.39 is 0 Å². The molecular weight excluding hydrogens is 513 g/mol. The number of nitrogens with one attached hydrogen (secondary N) is 1. The molecule has 3 rings (SSSR count). The number of aromatic nitrogens is 1. The molecule has 0 spiro atoms. The second-order valence-electron chi connectivity index (χ2n) is 7.62. The highest BCUT2D eigenvalue weighted by Crippen LogP contribution is 2.22. The van der Waals surface area contributed by atoms with Crippen LogP contribution in [0.3, 0.4) is 0 Å². The Balaban J connectivity index is 0.00000320. The summed E-state index contributed by atoms with van der Waals surface area (Å²) in [6.07, 6.45) is 1.92. The van der Waals surface area contributed by atoms with Crippen LogP contribution in [0.5, 0.6) is 0 Å². The van der Waals surface area contributed by atoms with Gasteiger partial charge in [0.25, 0.3) is 0 Å². The summed E-state index contributed by atoms with van der Waals surface area (Å²) in [5.74, 6) is 0.868. The van der Waals surface area contributed by atoms with Crippen LogP contribution in [0.15, 0.2) is 41.5 Å². The fourth-order valence-corrected chi connectivity index (χ4v) is 4.02. The van der Waals surface area contributed by atoms with Crippen molar-refractivity contribution in [1.82, 2.24) is 19.7 Å². The van der Waals surface area contributed by atoms with Crippen molar-refractivity contribution in [1.29, 1.82) is 0 Å². The summed E-state index contributed by atoms with van der Waals surface area (Å²) in [4.78, 5) is 9.11. The van der Waals surface area contributed by atoms with Gasteiger partial charge in [0.2, 0.25) is 0 Å². The Morgan fingerprint density at radius 2 is 1.93 bits per heavy atom. The van der Waals surface area contributed by atoms with E-state index in [1.54, 1.807) is 0 Å². The average molecular weight is 546 g/mol. The van der Waals surface area contributed by atoms with Gasteiger partial charge in [-0.2, -0.15) is 0 Å². The number of aliphatic imine (C=N–C) groups is 1. The standard InChI is InChI=1S/C22H32ClN5O.HI/c1-17-5-7-18(8-6-17)21(28-9-11-29-12-10-28)14-25-22(24-2)27(4)16-20-13-19(23)15-26(20)3;/h5-8,13,15,21H,9-12,14,16H2,1-4H3,(H,24,25);1H. The number of ether oxygens (including phenoxy) is 1. The predicted molar refractivity (Wildman–Crippen MR) is 135 cm³/mol. The Morgan fingerprint density at radius 1 is 1.27 bits per heavy atom. The third-order valence-electron chi connectivity index (χ3n) is 5.45. The Labute approximate surface area is 202 Å². The first kappa shape index (κ1) is 25.0. The van der Waals surface area contributed by atoms with E-state index in [-0.39, 0.29) is 30.0 Å². The molecule has 30 heavy (non-hydrogen) atoms. The zero-order valence-electron chi connectivity index (χ0n) is 18.3. The molecule has 1 atom stereocenters. The molecule has 1 aliphatic heterocycles. The second kappa shape index (κ2) is 11.9. The van der Waals surface area contributed by atoms with Crippen molar-refractivity contribution in [3.05, 3.63) is 58.4 Å². The largest absolute Gasteiger partial charge is 0.379 e. The maximum absolute atomic E-state index is 6.13. The van der Waals surface area contributed by atoms with Crippen LogP contribution in [0.25, 0.3) is 0 Å². The van der Waals surface area contributed by atoms with Gasteiger partial charge < -0.3 is 19.5 Å². The van der Waals surface area contributed by atoms with Gasteiger partial charge in [-0.1, -0.05) is 41.4 Å². The van der Waals surface area contributed by atoms with E-state index in [9.17, 15) is 0 Å². The molecule has 2 heterocycles. The molecule has 1 N–H and O–H groups in total. The Bertz CT molecular complexity index is 817. The topological polar surface area (TPSA) is 45.0 Å². The molecule has 0 aliphatic carbocycles. The van der Waals surface area contributed by atoms with E-state index in [2.05, 4.69) is 55.9 Å². The normalized spacial score (nSPS) is 16.1. The van der Waals surface area contributed by atoms with Gasteiger partial charge in [0.05, 0.1) is 30.8 Å². The maximum Gasteiger partial charge on any atom is 0.193 e. The molecule has 0 amide bonds. The summed E-state index contributed by atoms with van der Waals surface area (Å²) in [5.41, 5.74) is 3.74.